The predicted molar refractivity (Wildman–Crippen MR) is 113 cm³/mol. The van der Waals surface area contributed by atoms with Gasteiger partial charge in [0.15, 0.2) is 5.13 Å². The van der Waals surface area contributed by atoms with Crippen LogP contribution in [0.4, 0.5) is 19.7 Å². The molecule has 0 atom stereocenters. The van der Waals surface area contributed by atoms with Crippen LogP contribution in [-0.2, 0) is 0 Å². The summed E-state index contributed by atoms with van der Waals surface area (Å²) in [5.74, 6) is -0.613. The Bertz CT molecular complexity index is 678. The van der Waals surface area contributed by atoms with Gasteiger partial charge in [0, 0.05) is 28.6 Å². The quantitative estimate of drug-likeness (QED) is 0.412. The van der Waals surface area contributed by atoms with Crippen molar-refractivity contribution >= 4 is 46.4 Å². The van der Waals surface area contributed by atoms with Crippen LogP contribution < -0.4 is 11.3 Å². The summed E-state index contributed by atoms with van der Waals surface area (Å²) in [5.41, 5.74) is 6.35. The number of rotatable bonds is 2. The Morgan fingerprint density at radius 1 is 1.22 bits per heavy atom. The first-order valence-corrected chi connectivity index (χ1v) is 10.7. The van der Waals surface area contributed by atoms with Gasteiger partial charge in [-0.3, -0.25) is 0 Å². The second kappa shape index (κ2) is 11.7. The van der Waals surface area contributed by atoms with Crippen LogP contribution in [0.25, 0.3) is 0 Å². The summed E-state index contributed by atoms with van der Waals surface area (Å²) in [5, 5.41) is 2.57. The van der Waals surface area contributed by atoms with E-state index in [0.29, 0.717) is 5.13 Å². The Balaban J connectivity index is 0.000000151. The third-order valence-electron chi connectivity index (χ3n) is 4.57. The van der Waals surface area contributed by atoms with Gasteiger partial charge in [0.05, 0.1) is 10.7 Å². The van der Waals surface area contributed by atoms with Gasteiger partial charge in [0.2, 0.25) is 0 Å². The second-order valence-corrected chi connectivity index (χ2v) is 8.24. The number of anilines is 2. The number of nitrogens with zero attached hydrogens (tertiary/aromatic N) is 2. The monoisotopic (exact) mass is 434 g/mol. The fourth-order valence-electron chi connectivity index (χ4n) is 3.00. The van der Waals surface area contributed by atoms with Crippen LogP contribution in [0.2, 0.25) is 5.02 Å². The first-order chi connectivity index (χ1) is 13.0. The zero-order valence-electron chi connectivity index (χ0n) is 15.0. The average Bonchev–Trinajstić information content (AvgIpc) is 3.10. The minimum absolute atomic E-state index is 0.0917. The summed E-state index contributed by atoms with van der Waals surface area (Å²) < 4.78 is 24.4. The number of hydrogen-bond donors (Lipinski definition) is 3. The van der Waals surface area contributed by atoms with E-state index in [2.05, 4.69) is 22.5 Å². The van der Waals surface area contributed by atoms with E-state index in [9.17, 15) is 8.87 Å². The van der Waals surface area contributed by atoms with Gasteiger partial charge in [-0.15, -0.1) is 28.4 Å². The molecule has 1 saturated heterocycles. The van der Waals surface area contributed by atoms with E-state index in [-0.39, 0.29) is 15.6 Å². The lowest BCUT2D eigenvalue weighted by atomic mass is 9.92. The number of halogens is 3. The van der Waals surface area contributed by atoms with E-state index in [4.69, 9.17) is 17.3 Å². The van der Waals surface area contributed by atoms with Crippen molar-refractivity contribution < 1.29 is 8.87 Å². The lowest BCUT2D eigenvalue weighted by Crippen LogP contribution is -2.45. The average molecular weight is 435 g/mol. The third kappa shape index (κ3) is 7.44. The zero-order valence-corrected chi connectivity index (χ0v) is 17.5. The first-order valence-electron chi connectivity index (χ1n) is 8.95. The molecule has 0 unspecified atom stereocenters. The van der Waals surface area contributed by atoms with E-state index < -0.39 is 5.82 Å². The molecular formula is C18H25ClF2N4S2. The number of benzene rings is 1. The molecule has 2 fully saturated rings. The van der Waals surface area contributed by atoms with Crippen LogP contribution in [0.15, 0.2) is 28.6 Å². The molecule has 1 aromatic carbocycles. The Morgan fingerprint density at radius 3 is 2.37 bits per heavy atom. The highest BCUT2D eigenvalue weighted by Crippen LogP contribution is 2.27. The number of hydrogen-bond acceptors (Lipinski definition) is 6. The fraction of sp³-hybridized carbons (Fsp3) is 0.500. The predicted octanol–water partition coefficient (Wildman–Crippen LogP) is 5.81. The second-order valence-electron chi connectivity index (χ2n) is 6.43. The van der Waals surface area contributed by atoms with Crippen LogP contribution in [0.1, 0.15) is 38.5 Å². The topological polar surface area (TPSA) is 54.2 Å². The molecule has 0 amide bonds. The summed E-state index contributed by atoms with van der Waals surface area (Å²) in [6, 6.07) is 3.15. The highest BCUT2D eigenvalue weighted by molar-refractivity contribution is 7.80. The third-order valence-corrected chi connectivity index (χ3v) is 5.83. The van der Waals surface area contributed by atoms with Crippen molar-refractivity contribution in [2.24, 2.45) is 0 Å². The maximum Gasteiger partial charge on any atom is 0.179 e. The normalized spacial score (nSPS) is 17.0. The number of thiol groups is 1. The van der Waals surface area contributed by atoms with Crippen molar-refractivity contribution in [2.75, 3.05) is 24.4 Å². The Labute approximate surface area is 173 Å². The molecule has 3 N–H and O–H groups in total. The molecule has 2 heterocycles. The summed E-state index contributed by atoms with van der Waals surface area (Å²) in [7, 11) is 0. The lowest BCUT2D eigenvalue weighted by Gasteiger charge is -2.40. The smallest absolute Gasteiger partial charge is 0.179 e. The van der Waals surface area contributed by atoms with Gasteiger partial charge in [-0.1, -0.05) is 30.9 Å². The van der Waals surface area contributed by atoms with Crippen molar-refractivity contribution in [1.82, 2.24) is 9.88 Å². The molecule has 0 spiro atoms. The number of nitrogens with two attached hydrogens (primary N) is 1. The Morgan fingerprint density at radius 2 is 1.93 bits per heavy atom. The Kier molecular flexibility index (Phi) is 9.61. The highest BCUT2D eigenvalue weighted by Gasteiger charge is 2.24. The van der Waals surface area contributed by atoms with Crippen molar-refractivity contribution in [3.8, 4) is 0 Å². The molecule has 1 aliphatic carbocycles. The van der Waals surface area contributed by atoms with Crippen LogP contribution in [-0.4, -0.2) is 29.0 Å². The van der Waals surface area contributed by atoms with Crippen LogP contribution >= 0.6 is 35.6 Å². The number of nitrogens with one attached hydrogen (secondary N) is 1. The van der Waals surface area contributed by atoms with Gasteiger partial charge in [-0.05, 0) is 38.4 Å². The molecule has 150 valence electrons. The standard InChI is InChI=1S/C9H17N.C6H4ClF2NS.C3H4N2S/c1-2-5-9(6-3-1)10-7-4-8-10;7-3-1-6(11)4(8)2-5(3)10-9;4-3-5-1-2-6-3/h9H,1-8H2;1-2,10-11H;1-2H,(H2,4,5). The summed E-state index contributed by atoms with van der Waals surface area (Å²) in [6.07, 6.45) is 10.6. The highest BCUT2D eigenvalue weighted by atomic mass is 35.5. The fourth-order valence-corrected chi connectivity index (χ4v) is 3.85. The van der Waals surface area contributed by atoms with Crippen molar-refractivity contribution in [3.63, 3.8) is 0 Å². The summed E-state index contributed by atoms with van der Waals surface area (Å²) >= 11 is 10.7. The molecule has 2 aliphatic rings. The van der Waals surface area contributed by atoms with Crippen molar-refractivity contribution in [3.05, 3.63) is 34.5 Å². The van der Waals surface area contributed by atoms with E-state index in [1.807, 2.05) is 5.38 Å². The van der Waals surface area contributed by atoms with Gasteiger partial charge < -0.3 is 10.6 Å². The van der Waals surface area contributed by atoms with E-state index in [1.54, 1.807) is 6.20 Å². The molecule has 27 heavy (non-hydrogen) atoms. The number of thiazole rings is 1. The molecule has 4 rings (SSSR count). The molecule has 1 aromatic heterocycles. The maximum atomic E-state index is 12.6. The van der Waals surface area contributed by atoms with E-state index in [1.165, 1.54) is 74.6 Å². The van der Waals surface area contributed by atoms with Crippen LogP contribution in [0, 0.1) is 5.82 Å². The molecule has 1 saturated carbocycles. The maximum absolute atomic E-state index is 12.6. The molecule has 2 aromatic rings. The van der Waals surface area contributed by atoms with Gasteiger partial charge in [0.1, 0.15) is 5.82 Å². The van der Waals surface area contributed by atoms with E-state index >= 15 is 0 Å². The lowest BCUT2D eigenvalue weighted by molar-refractivity contribution is 0.0913. The van der Waals surface area contributed by atoms with Crippen molar-refractivity contribution in [1.29, 1.82) is 0 Å². The SMILES string of the molecule is C1CCC(N2CCC2)CC1.FNc1cc(F)c(S)cc1Cl.Nc1nccs1. The number of aromatic nitrogens is 1. The van der Waals surface area contributed by atoms with Gasteiger partial charge >= 0.3 is 0 Å². The molecule has 0 radical (unpaired) electrons. The zero-order chi connectivity index (χ0) is 19.6. The summed E-state index contributed by atoms with van der Waals surface area (Å²) in [4.78, 5) is 6.47. The van der Waals surface area contributed by atoms with Gasteiger partial charge in [0.25, 0.3) is 0 Å². The van der Waals surface area contributed by atoms with Gasteiger partial charge in [-0.25, -0.2) is 14.9 Å². The number of likely N-dealkylation sites (tertiary alicyclic amines) is 1. The van der Waals surface area contributed by atoms with Crippen LogP contribution in [0.5, 0.6) is 0 Å². The van der Waals surface area contributed by atoms with Crippen molar-refractivity contribution in [2.45, 2.75) is 49.5 Å². The largest absolute Gasteiger partial charge is 0.375 e. The molecule has 9 heteroatoms. The van der Waals surface area contributed by atoms with Gasteiger partial charge in [-0.2, -0.15) is 0 Å². The molecule has 1 aliphatic heterocycles. The molecule has 4 nitrogen and oxygen atoms in total. The Hall–Kier alpha value is -1.09. The first kappa shape index (κ1) is 22.2. The number of nitrogen functional groups attached to an aromatic ring is 1. The minimum Gasteiger partial charge on any atom is -0.375 e. The molecular weight excluding hydrogens is 410 g/mol. The summed E-state index contributed by atoms with van der Waals surface area (Å²) in [6.45, 7) is 2.79. The minimum atomic E-state index is -0.613. The van der Waals surface area contributed by atoms with Crippen LogP contribution in [0.3, 0.4) is 0 Å². The van der Waals surface area contributed by atoms with E-state index in [0.717, 1.165) is 12.1 Å². The molecule has 0 bridgehead atoms.